The highest BCUT2D eigenvalue weighted by Gasteiger charge is 2.27. The maximum Gasteiger partial charge on any atom is 0.363 e. The quantitative estimate of drug-likeness (QED) is 0.786. The summed E-state index contributed by atoms with van der Waals surface area (Å²) in [6.45, 7) is 1.59. The highest BCUT2D eigenvalue weighted by atomic mass is 16.5. The SMILES string of the molecule is Cc1cc(=O)c(C(=O)OCC(=O)N2CCNC2=O)nn1-c1ccccc1. The first kappa shape index (κ1) is 17.3. The summed E-state index contributed by atoms with van der Waals surface area (Å²) in [7, 11) is 0. The van der Waals surface area contributed by atoms with Gasteiger partial charge in [0.25, 0.3) is 5.91 Å². The van der Waals surface area contributed by atoms with Gasteiger partial charge in [0.2, 0.25) is 11.1 Å². The lowest BCUT2D eigenvalue weighted by atomic mass is 10.3. The summed E-state index contributed by atoms with van der Waals surface area (Å²) in [6, 6.07) is 9.71. The fourth-order valence-electron chi connectivity index (χ4n) is 2.50. The average Bonchev–Trinajstić information content (AvgIpc) is 3.06. The van der Waals surface area contributed by atoms with E-state index >= 15 is 0 Å². The highest BCUT2D eigenvalue weighted by Crippen LogP contribution is 2.08. The van der Waals surface area contributed by atoms with Crippen LogP contribution < -0.4 is 10.7 Å². The molecule has 0 unspecified atom stereocenters. The second-order valence-corrected chi connectivity index (χ2v) is 5.60. The Bertz CT molecular complexity index is 922. The number of para-hydroxylation sites is 1. The molecule has 1 aromatic heterocycles. The molecule has 0 atom stereocenters. The van der Waals surface area contributed by atoms with Crippen molar-refractivity contribution in [3.05, 3.63) is 58.0 Å². The number of rotatable bonds is 4. The van der Waals surface area contributed by atoms with Gasteiger partial charge in [-0.3, -0.25) is 14.5 Å². The molecule has 1 N–H and O–H groups in total. The van der Waals surface area contributed by atoms with Crippen LogP contribution in [0.3, 0.4) is 0 Å². The predicted octanol–water partition coefficient (Wildman–Crippen LogP) is 0.250. The number of carbonyl (C=O) groups is 3. The van der Waals surface area contributed by atoms with E-state index in [4.69, 9.17) is 4.74 Å². The van der Waals surface area contributed by atoms with E-state index in [1.807, 2.05) is 6.07 Å². The Morgan fingerprint density at radius 3 is 2.62 bits per heavy atom. The van der Waals surface area contributed by atoms with Gasteiger partial charge in [0.05, 0.1) is 5.69 Å². The van der Waals surface area contributed by atoms with Crippen molar-refractivity contribution in [2.45, 2.75) is 6.92 Å². The van der Waals surface area contributed by atoms with Crippen LogP contribution in [0.5, 0.6) is 0 Å². The zero-order valence-corrected chi connectivity index (χ0v) is 14.0. The second kappa shape index (κ2) is 7.18. The van der Waals surface area contributed by atoms with Crippen LogP contribution in [0.2, 0.25) is 0 Å². The van der Waals surface area contributed by atoms with Gasteiger partial charge in [-0.15, -0.1) is 0 Å². The Morgan fingerprint density at radius 1 is 1.23 bits per heavy atom. The molecule has 1 aromatic carbocycles. The van der Waals surface area contributed by atoms with E-state index in [2.05, 4.69) is 10.4 Å². The van der Waals surface area contributed by atoms with E-state index < -0.39 is 35.6 Å². The minimum Gasteiger partial charge on any atom is -0.451 e. The summed E-state index contributed by atoms with van der Waals surface area (Å²) in [5, 5.41) is 6.53. The number of hydrogen-bond acceptors (Lipinski definition) is 6. The third-order valence-electron chi connectivity index (χ3n) is 3.79. The monoisotopic (exact) mass is 356 g/mol. The van der Waals surface area contributed by atoms with E-state index in [0.29, 0.717) is 17.9 Å². The lowest BCUT2D eigenvalue weighted by Gasteiger charge is -2.13. The molecule has 3 amide bonds. The molecule has 1 aliphatic heterocycles. The van der Waals surface area contributed by atoms with E-state index in [1.54, 1.807) is 31.2 Å². The van der Waals surface area contributed by atoms with Crippen LogP contribution in [0.25, 0.3) is 5.69 Å². The standard InChI is InChI=1S/C17H16N4O5/c1-11-9-13(22)15(19-21(11)12-5-3-2-4-6-12)16(24)26-10-14(23)20-8-7-18-17(20)25/h2-6,9H,7-8,10H2,1H3,(H,18,25). The average molecular weight is 356 g/mol. The van der Waals surface area contributed by atoms with E-state index in [-0.39, 0.29) is 6.54 Å². The number of aromatic nitrogens is 2. The smallest absolute Gasteiger partial charge is 0.363 e. The van der Waals surface area contributed by atoms with Crippen LogP contribution in [-0.2, 0) is 9.53 Å². The molecular weight excluding hydrogens is 340 g/mol. The van der Waals surface area contributed by atoms with Gasteiger partial charge >= 0.3 is 12.0 Å². The molecule has 3 rings (SSSR count). The molecule has 0 radical (unpaired) electrons. The number of hydrogen-bond donors (Lipinski definition) is 1. The Balaban J connectivity index is 1.78. The fraction of sp³-hybridized carbons (Fsp3) is 0.235. The Labute approximate surface area is 148 Å². The Kier molecular flexibility index (Phi) is 4.78. The lowest BCUT2D eigenvalue weighted by Crippen LogP contribution is -2.37. The van der Waals surface area contributed by atoms with Crippen LogP contribution in [0.4, 0.5) is 4.79 Å². The van der Waals surface area contributed by atoms with E-state index in [1.165, 1.54) is 10.7 Å². The zero-order valence-electron chi connectivity index (χ0n) is 14.0. The fourth-order valence-corrected chi connectivity index (χ4v) is 2.50. The minimum atomic E-state index is -1.02. The summed E-state index contributed by atoms with van der Waals surface area (Å²) >= 11 is 0. The van der Waals surface area contributed by atoms with Crippen molar-refractivity contribution in [2.75, 3.05) is 19.7 Å². The number of benzene rings is 1. The molecule has 2 aromatic rings. The van der Waals surface area contributed by atoms with Crippen molar-refractivity contribution in [2.24, 2.45) is 0 Å². The van der Waals surface area contributed by atoms with Crippen LogP contribution in [0, 0.1) is 6.92 Å². The Morgan fingerprint density at radius 2 is 1.96 bits per heavy atom. The van der Waals surface area contributed by atoms with Crippen molar-refractivity contribution in [3.63, 3.8) is 0 Å². The first-order valence-corrected chi connectivity index (χ1v) is 7.89. The van der Waals surface area contributed by atoms with Crippen LogP contribution in [0.15, 0.2) is 41.2 Å². The van der Waals surface area contributed by atoms with Gasteiger partial charge in [0, 0.05) is 24.8 Å². The molecule has 0 saturated carbocycles. The molecular formula is C17H16N4O5. The predicted molar refractivity (Wildman–Crippen MR) is 90.0 cm³/mol. The highest BCUT2D eigenvalue weighted by molar-refractivity contribution is 5.97. The minimum absolute atomic E-state index is 0.207. The first-order valence-electron chi connectivity index (χ1n) is 7.89. The molecule has 134 valence electrons. The van der Waals surface area contributed by atoms with Crippen LogP contribution in [0.1, 0.15) is 16.2 Å². The molecule has 2 heterocycles. The number of nitrogens with zero attached hydrogens (tertiary/aromatic N) is 3. The second-order valence-electron chi connectivity index (χ2n) is 5.60. The molecule has 0 aliphatic carbocycles. The number of nitrogens with one attached hydrogen (secondary N) is 1. The maximum absolute atomic E-state index is 12.2. The van der Waals surface area contributed by atoms with Crippen LogP contribution >= 0.6 is 0 Å². The molecule has 9 heteroatoms. The normalized spacial score (nSPS) is 13.4. The molecule has 0 bridgehead atoms. The third-order valence-corrected chi connectivity index (χ3v) is 3.79. The van der Waals surface area contributed by atoms with Gasteiger partial charge in [-0.1, -0.05) is 18.2 Å². The molecule has 26 heavy (non-hydrogen) atoms. The topological polar surface area (TPSA) is 111 Å². The van der Waals surface area contributed by atoms with Crippen molar-refractivity contribution in [3.8, 4) is 5.69 Å². The number of esters is 1. The summed E-state index contributed by atoms with van der Waals surface area (Å²) in [5.74, 6) is -1.68. The van der Waals surface area contributed by atoms with Crippen molar-refractivity contribution < 1.29 is 19.1 Å². The molecule has 1 fully saturated rings. The number of ether oxygens (including phenoxy) is 1. The van der Waals surface area contributed by atoms with Crippen LogP contribution in [-0.4, -0.2) is 52.3 Å². The van der Waals surface area contributed by atoms with Gasteiger partial charge in [-0.2, -0.15) is 5.10 Å². The number of amides is 3. The van der Waals surface area contributed by atoms with Gasteiger partial charge in [-0.25, -0.2) is 14.3 Å². The number of urea groups is 1. The largest absolute Gasteiger partial charge is 0.451 e. The molecule has 0 spiro atoms. The summed E-state index contributed by atoms with van der Waals surface area (Å²) < 4.78 is 6.31. The summed E-state index contributed by atoms with van der Waals surface area (Å²) in [6.07, 6.45) is 0. The van der Waals surface area contributed by atoms with Gasteiger partial charge < -0.3 is 10.1 Å². The van der Waals surface area contributed by atoms with Gasteiger partial charge in [0.15, 0.2) is 6.61 Å². The third kappa shape index (κ3) is 3.46. The maximum atomic E-state index is 12.2. The molecule has 1 aliphatic rings. The zero-order chi connectivity index (χ0) is 18.7. The van der Waals surface area contributed by atoms with Crippen molar-refractivity contribution in [1.29, 1.82) is 0 Å². The number of carbonyl (C=O) groups excluding carboxylic acids is 3. The first-order chi connectivity index (χ1) is 12.5. The van der Waals surface area contributed by atoms with E-state index in [0.717, 1.165) is 4.90 Å². The van der Waals surface area contributed by atoms with Crippen molar-refractivity contribution >= 4 is 17.9 Å². The van der Waals surface area contributed by atoms with Crippen molar-refractivity contribution in [1.82, 2.24) is 20.0 Å². The van der Waals surface area contributed by atoms with Gasteiger partial charge in [0.1, 0.15) is 0 Å². The number of aryl methyl sites for hydroxylation is 1. The Hall–Kier alpha value is -3.49. The number of imide groups is 1. The van der Waals surface area contributed by atoms with Gasteiger partial charge in [-0.05, 0) is 19.1 Å². The van der Waals surface area contributed by atoms with E-state index in [9.17, 15) is 19.2 Å². The molecule has 9 nitrogen and oxygen atoms in total. The summed E-state index contributed by atoms with van der Waals surface area (Å²) in [4.78, 5) is 48.5. The summed E-state index contributed by atoms with van der Waals surface area (Å²) in [5.41, 5.74) is 0.176. The molecule has 1 saturated heterocycles. The lowest BCUT2D eigenvalue weighted by molar-refractivity contribution is -0.130.